The molecule has 1 amide bonds. The molecule has 3 aromatic carbocycles. The molecule has 0 bridgehead atoms. The number of nitrogens with one attached hydrogen (secondary N) is 1. The molecule has 0 aliphatic heterocycles. The molecule has 3 rings (SSSR count). The molecule has 10 nitrogen and oxygen atoms in total. The van der Waals surface area contributed by atoms with Gasteiger partial charge in [-0.15, -0.1) is 0 Å². The summed E-state index contributed by atoms with van der Waals surface area (Å²) in [7, 11) is -4.33. The first-order chi connectivity index (χ1) is 16.1. The first-order valence-electron chi connectivity index (χ1n) is 9.92. The molecule has 0 fully saturated rings. The minimum absolute atomic E-state index is 0.0754. The van der Waals surface area contributed by atoms with E-state index in [1.807, 2.05) is 31.2 Å². The number of nitro benzene ring substituents is 1. The van der Waals surface area contributed by atoms with Crippen LogP contribution in [0, 0.1) is 17.0 Å². The third-order valence-electron chi connectivity index (χ3n) is 4.56. The average molecular weight is 484 g/mol. The van der Waals surface area contributed by atoms with Crippen LogP contribution in [0.4, 0.5) is 5.69 Å². The fourth-order valence-electron chi connectivity index (χ4n) is 2.75. The Kier molecular flexibility index (Phi) is 7.59. The number of carbonyl (C=O) groups excluding carboxylic acids is 2. The summed E-state index contributed by atoms with van der Waals surface area (Å²) in [5, 5.41) is 13.5. The summed E-state index contributed by atoms with van der Waals surface area (Å²) in [5.41, 5.74) is 1.68. The van der Waals surface area contributed by atoms with Crippen LogP contribution in [-0.4, -0.2) is 31.8 Å². The summed E-state index contributed by atoms with van der Waals surface area (Å²) < 4.78 is 34.7. The molecule has 0 radical (unpaired) electrons. The van der Waals surface area contributed by atoms with Gasteiger partial charge in [0.05, 0.1) is 10.5 Å². The molecule has 0 heterocycles. The normalized spacial score (nSPS) is 10.9. The van der Waals surface area contributed by atoms with Crippen molar-refractivity contribution < 1.29 is 31.9 Å². The number of nitro groups is 1. The second-order valence-corrected chi connectivity index (χ2v) is 8.70. The lowest BCUT2D eigenvalue weighted by Gasteiger charge is -2.09. The quantitative estimate of drug-likeness (QED) is 0.211. The number of ether oxygens (including phenoxy) is 1. The molecule has 0 atom stereocenters. The van der Waals surface area contributed by atoms with E-state index < -0.39 is 39.2 Å². The molecular formula is C23H20N2O8S. The van der Waals surface area contributed by atoms with Crippen molar-refractivity contribution in [1.82, 2.24) is 5.32 Å². The molecule has 3 aromatic rings. The van der Waals surface area contributed by atoms with Gasteiger partial charge in [0.15, 0.2) is 6.61 Å². The Labute approximate surface area is 195 Å². The van der Waals surface area contributed by atoms with Crippen molar-refractivity contribution in [3.05, 3.63) is 99.6 Å². The molecule has 34 heavy (non-hydrogen) atoms. The molecule has 0 spiro atoms. The van der Waals surface area contributed by atoms with E-state index in [4.69, 9.17) is 8.92 Å². The van der Waals surface area contributed by atoms with Crippen LogP contribution in [0.5, 0.6) is 5.75 Å². The Morgan fingerprint density at radius 1 is 1.00 bits per heavy atom. The monoisotopic (exact) mass is 484 g/mol. The smallest absolute Gasteiger partial charge is 0.339 e. The van der Waals surface area contributed by atoms with Crippen LogP contribution in [0.3, 0.4) is 0 Å². The van der Waals surface area contributed by atoms with Gasteiger partial charge in [0, 0.05) is 18.7 Å². The van der Waals surface area contributed by atoms with Crippen LogP contribution < -0.4 is 9.50 Å². The number of aryl methyl sites for hydroxylation is 1. The maximum absolute atomic E-state index is 12.4. The van der Waals surface area contributed by atoms with Crippen molar-refractivity contribution in [3.8, 4) is 5.75 Å². The SMILES string of the molecule is Cc1ccc(CNC(=O)COC(=O)c2ccc(OS(=O)(=O)c3cccc([N+](=O)[O-])c3)cc2)cc1. The van der Waals surface area contributed by atoms with E-state index in [0.717, 1.165) is 29.3 Å². The van der Waals surface area contributed by atoms with Crippen molar-refractivity contribution in [2.24, 2.45) is 0 Å². The van der Waals surface area contributed by atoms with Gasteiger partial charge in [0.1, 0.15) is 10.6 Å². The number of benzene rings is 3. The largest absolute Gasteiger partial charge is 0.452 e. The maximum Gasteiger partial charge on any atom is 0.339 e. The summed E-state index contributed by atoms with van der Waals surface area (Å²) in [6.45, 7) is 1.77. The highest BCUT2D eigenvalue weighted by Gasteiger charge is 2.20. The maximum atomic E-state index is 12.4. The Hall–Kier alpha value is -4.25. The van der Waals surface area contributed by atoms with Crippen molar-refractivity contribution in [3.63, 3.8) is 0 Å². The molecule has 11 heteroatoms. The van der Waals surface area contributed by atoms with Crippen LogP contribution in [0.15, 0.2) is 77.7 Å². The summed E-state index contributed by atoms with van der Waals surface area (Å²) >= 11 is 0. The number of amides is 1. The zero-order valence-electron chi connectivity index (χ0n) is 18.0. The number of non-ortho nitro benzene ring substituents is 1. The van der Waals surface area contributed by atoms with E-state index in [1.54, 1.807) is 0 Å². The van der Waals surface area contributed by atoms with E-state index >= 15 is 0 Å². The third-order valence-corrected chi connectivity index (χ3v) is 5.80. The summed E-state index contributed by atoms with van der Waals surface area (Å²) in [5.74, 6) is -1.37. The van der Waals surface area contributed by atoms with Gasteiger partial charge < -0.3 is 14.2 Å². The Balaban J connectivity index is 1.53. The molecule has 176 valence electrons. The topological polar surface area (TPSA) is 142 Å². The molecule has 0 aromatic heterocycles. The highest BCUT2D eigenvalue weighted by molar-refractivity contribution is 7.87. The highest BCUT2D eigenvalue weighted by atomic mass is 32.2. The first kappa shape index (κ1) is 24.4. The summed E-state index contributed by atoms with van der Waals surface area (Å²) in [6, 6.07) is 17.0. The predicted octanol–water partition coefficient (Wildman–Crippen LogP) is 3.14. The Bertz CT molecular complexity index is 1300. The van der Waals surface area contributed by atoms with E-state index in [9.17, 15) is 28.1 Å². The second-order valence-electron chi connectivity index (χ2n) is 7.15. The average Bonchev–Trinajstić information content (AvgIpc) is 2.82. The lowest BCUT2D eigenvalue weighted by molar-refractivity contribution is -0.385. The fraction of sp³-hybridized carbons (Fsp3) is 0.130. The van der Waals surface area contributed by atoms with Crippen LogP contribution in [0.1, 0.15) is 21.5 Å². The van der Waals surface area contributed by atoms with Gasteiger partial charge in [-0.25, -0.2) is 4.79 Å². The zero-order valence-corrected chi connectivity index (χ0v) is 18.8. The standard InChI is InChI=1S/C23H20N2O8S/c1-16-5-7-17(8-6-16)14-24-22(26)15-32-23(27)18-9-11-20(12-10-18)33-34(30,31)21-4-2-3-19(13-21)25(28)29/h2-13H,14-15H2,1H3,(H,24,26). The van der Waals surface area contributed by atoms with Gasteiger partial charge in [-0.3, -0.25) is 14.9 Å². The zero-order chi connectivity index (χ0) is 24.7. The molecular weight excluding hydrogens is 464 g/mol. The second kappa shape index (κ2) is 10.6. The van der Waals surface area contributed by atoms with Crippen molar-refractivity contribution in [2.75, 3.05) is 6.61 Å². The van der Waals surface area contributed by atoms with Gasteiger partial charge in [-0.2, -0.15) is 8.42 Å². The fourth-order valence-corrected chi connectivity index (χ4v) is 3.72. The summed E-state index contributed by atoms with van der Waals surface area (Å²) in [4.78, 5) is 33.8. The minimum Gasteiger partial charge on any atom is -0.452 e. The first-order valence-corrected chi connectivity index (χ1v) is 11.3. The van der Waals surface area contributed by atoms with E-state index in [-0.39, 0.29) is 16.2 Å². The number of carbonyl (C=O) groups is 2. The molecule has 0 aliphatic rings. The molecule has 0 aliphatic carbocycles. The predicted molar refractivity (Wildman–Crippen MR) is 121 cm³/mol. The molecule has 1 N–H and O–H groups in total. The Morgan fingerprint density at radius 3 is 2.32 bits per heavy atom. The number of esters is 1. The van der Waals surface area contributed by atoms with Crippen LogP contribution in [0.2, 0.25) is 0 Å². The van der Waals surface area contributed by atoms with Gasteiger partial charge in [-0.05, 0) is 42.8 Å². The van der Waals surface area contributed by atoms with E-state index in [1.165, 1.54) is 30.3 Å². The highest BCUT2D eigenvalue weighted by Crippen LogP contribution is 2.22. The number of rotatable bonds is 9. The molecule has 0 saturated carbocycles. The van der Waals surface area contributed by atoms with Gasteiger partial charge in [0.25, 0.3) is 11.6 Å². The van der Waals surface area contributed by atoms with Crippen molar-refractivity contribution in [2.45, 2.75) is 18.4 Å². The lowest BCUT2D eigenvalue weighted by atomic mass is 10.1. The minimum atomic E-state index is -4.33. The van der Waals surface area contributed by atoms with Gasteiger partial charge in [-0.1, -0.05) is 35.9 Å². The lowest BCUT2D eigenvalue weighted by Crippen LogP contribution is -2.28. The van der Waals surface area contributed by atoms with E-state index in [2.05, 4.69) is 5.32 Å². The summed E-state index contributed by atoms with van der Waals surface area (Å²) in [6.07, 6.45) is 0. The van der Waals surface area contributed by atoms with Gasteiger partial charge in [0.2, 0.25) is 0 Å². The van der Waals surface area contributed by atoms with Crippen LogP contribution in [-0.2, 0) is 26.2 Å². The number of hydrogen-bond acceptors (Lipinski definition) is 8. The molecule has 0 unspecified atom stereocenters. The number of nitrogens with zero attached hydrogens (tertiary/aromatic N) is 1. The number of hydrogen-bond donors (Lipinski definition) is 1. The van der Waals surface area contributed by atoms with E-state index in [0.29, 0.717) is 6.54 Å². The van der Waals surface area contributed by atoms with Crippen molar-refractivity contribution >= 4 is 27.7 Å². The third kappa shape index (κ3) is 6.62. The van der Waals surface area contributed by atoms with Gasteiger partial charge >= 0.3 is 16.1 Å². The Morgan fingerprint density at radius 2 is 1.68 bits per heavy atom. The molecule has 0 saturated heterocycles. The van der Waals surface area contributed by atoms with Crippen LogP contribution >= 0.6 is 0 Å². The van der Waals surface area contributed by atoms with Crippen LogP contribution in [0.25, 0.3) is 0 Å². The van der Waals surface area contributed by atoms with Crippen molar-refractivity contribution in [1.29, 1.82) is 0 Å².